The molecular formula is C16H18N4OS. The van der Waals surface area contributed by atoms with Gasteiger partial charge in [0.1, 0.15) is 5.39 Å². The molecule has 0 spiro atoms. The van der Waals surface area contributed by atoms with Gasteiger partial charge in [0, 0.05) is 5.25 Å². The van der Waals surface area contributed by atoms with Crippen LogP contribution in [0.2, 0.25) is 0 Å². The second kappa shape index (κ2) is 5.61. The Bertz CT molecular complexity index is 895. The van der Waals surface area contributed by atoms with E-state index in [0.717, 1.165) is 5.69 Å². The summed E-state index contributed by atoms with van der Waals surface area (Å²) in [4.78, 5) is 19.6. The zero-order chi connectivity index (χ0) is 15.9. The lowest BCUT2D eigenvalue weighted by Gasteiger charge is -2.07. The van der Waals surface area contributed by atoms with Gasteiger partial charge in [-0.05, 0) is 37.1 Å². The Morgan fingerprint density at radius 1 is 1.23 bits per heavy atom. The van der Waals surface area contributed by atoms with E-state index in [0.29, 0.717) is 21.4 Å². The number of fused-ring (bicyclic) bond motifs is 1. The molecular weight excluding hydrogens is 296 g/mol. The van der Waals surface area contributed by atoms with Gasteiger partial charge in [0.25, 0.3) is 5.56 Å². The molecule has 0 aliphatic carbocycles. The first kappa shape index (κ1) is 14.8. The molecule has 1 aromatic carbocycles. The van der Waals surface area contributed by atoms with Crippen molar-refractivity contribution in [1.29, 1.82) is 0 Å². The van der Waals surface area contributed by atoms with Gasteiger partial charge in [0.2, 0.25) is 0 Å². The predicted molar refractivity (Wildman–Crippen MR) is 90.0 cm³/mol. The van der Waals surface area contributed by atoms with Gasteiger partial charge in [-0.1, -0.05) is 31.7 Å². The summed E-state index contributed by atoms with van der Waals surface area (Å²) in [5.74, 6) is 0. The number of hydrogen-bond donors (Lipinski definition) is 1. The minimum Gasteiger partial charge on any atom is -0.301 e. The lowest BCUT2D eigenvalue weighted by Crippen LogP contribution is -2.10. The Balaban J connectivity index is 2.19. The van der Waals surface area contributed by atoms with Gasteiger partial charge < -0.3 is 4.98 Å². The number of aromatic nitrogens is 4. The van der Waals surface area contributed by atoms with Crippen LogP contribution in [0, 0.1) is 13.8 Å². The molecule has 0 radical (unpaired) electrons. The number of aromatic amines is 1. The first-order valence-electron chi connectivity index (χ1n) is 7.18. The smallest absolute Gasteiger partial charge is 0.262 e. The van der Waals surface area contributed by atoms with Crippen LogP contribution in [0.4, 0.5) is 0 Å². The van der Waals surface area contributed by atoms with E-state index in [9.17, 15) is 4.79 Å². The fraction of sp³-hybridized carbons (Fsp3) is 0.312. The first-order valence-corrected chi connectivity index (χ1v) is 8.06. The Labute approximate surface area is 132 Å². The van der Waals surface area contributed by atoms with Gasteiger partial charge in [-0.15, -0.1) is 0 Å². The highest BCUT2D eigenvalue weighted by atomic mass is 32.2. The number of H-pyrrole nitrogens is 1. The van der Waals surface area contributed by atoms with Gasteiger partial charge in [-0.2, -0.15) is 5.10 Å². The molecule has 2 heterocycles. The van der Waals surface area contributed by atoms with Crippen LogP contribution in [0.15, 0.2) is 34.3 Å². The summed E-state index contributed by atoms with van der Waals surface area (Å²) in [6, 6.07) is 6.10. The topological polar surface area (TPSA) is 63.6 Å². The largest absolute Gasteiger partial charge is 0.301 e. The van der Waals surface area contributed by atoms with Crippen molar-refractivity contribution in [3.8, 4) is 5.69 Å². The molecule has 6 heteroatoms. The number of thioether (sulfide) groups is 1. The number of benzene rings is 1. The third kappa shape index (κ3) is 2.66. The van der Waals surface area contributed by atoms with E-state index >= 15 is 0 Å². The molecule has 0 saturated heterocycles. The quantitative estimate of drug-likeness (QED) is 0.595. The van der Waals surface area contributed by atoms with Crippen LogP contribution in [0.25, 0.3) is 16.7 Å². The monoisotopic (exact) mass is 314 g/mol. The molecule has 1 N–H and O–H groups in total. The van der Waals surface area contributed by atoms with Crippen LogP contribution in [0.1, 0.15) is 25.0 Å². The summed E-state index contributed by atoms with van der Waals surface area (Å²) in [5.41, 5.74) is 3.76. The summed E-state index contributed by atoms with van der Waals surface area (Å²) in [7, 11) is 0. The molecule has 22 heavy (non-hydrogen) atoms. The third-order valence-corrected chi connectivity index (χ3v) is 4.39. The zero-order valence-corrected chi connectivity index (χ0v) is 13.9. The van der Waals surface area contributed by atoms with Gasteiger partial charge in [-0.3, -0.25) is 4.79 Å². The normalized spacial score (nSPS) is 11.5. The fourth-order valence-corrected chi connectivity index (χ4v) is 2.96. The summed E-state index contributed by atoms with van der Waals surface area (Å²) in [6.45, 7) is 8.26. The highest BCUT2D eigenvalue weighted by Crippen LogP contribution is 2.21. The van der Waals surface area contributed by atoms with Crippen LogP contribution < -0.4 is 5.56 Å². The maximum absolute atomic E-state index is 12.2. The second-order valence-electron chi connectivity index (χ2n) is 5.60. The van der Waals surface area contributed by atoms with Crippen LogP contribution in [-0.4, -0.2) is 25.0 Å². The van der Waals surface area contributed by atoms with E-state index < -0.39 is 0 Å². The molecule has 0 aliphatic rings. The Hall–Kier alpha value is -2.08. The SMILES string of the molecule is Cc1ccc(-n2ncc3c(=O)[nH]c(SC(C)C)nc32)cc1C. The summed E-state index contributed by atoms with van der Waals surface area (Å²) in [5, 5.41) is 5.82. The standard InChI is InChI=1S/C16H18N4OS/c1-9(2)22-16-18-14-13(15(21)19-16)8-17-20(14)12-6-5-10(3)11(4)7-12/h5-9H,1-4H3,(H,18,19,21). The molecule has 0 aliphatic heterocycles. The van der Waals surface area contributed by atoms with E-state index in [4.69, 9.17) is 0 Å². The van der Waals surface area contributed by atoms with Gasteiger partial charge in [-0.25, -0.2) is 9.67 Å². The second-order valence-corrected chi connectivity index (χ2v) is 7.17. The van der Waals surface area contributed by atoms with Crippen molar-refractivity contribution in [3.05, 3.63) is 45.9 Å². The first-order chi connectivity index (χ1) is 10.5. The van der Waals surface area contributed by atoms with Crippen molar-refractivity contribution in [2.45, 2.75) is 38.1 Å². The molecule has 3 rings (SSSR count). The number of aryl methyl sites for hydroxylation is 2. The predicted octanol–water partition coefficient (Wildman–Crippen LogP) is 3.23. The number of hydrogen-bond acceptors (Lipinski definition) is 4. The van der Waals surface area contributed by atoms with Crippen molar-refractivity contribution in [3.63, 3.8) is 0 Å². The Kier molecular flexibility index (Phi) is 3.78. The van der Waals surface area contributed by atoms with Crippen molar-refractivity contribution < 1.29 is 0 Å². The molecule has 5 nitrogen and oxygen atoms in total. The Morgan fingerprint density at radius 2 is 2.00 bits per heavy atom. The lowest BCUT2D eigenvalue weighted by atomic mass is 10.1. The fourth-order valence-electron chi connectivity index (χ4n) is 2.22. The molecule has 0 atom stereocenters. The number of nitrogens with zero attached hydrogens (tertiary/aromatic N) is 3. The molecule has 0 unspecified atom stereocenters. The van der Waals surface area contributed by atoms with Gasteiger partial charge in [0.05, 0.1) is 11.9 Å². The number of rotatable bonds is 3. The molecule has 0 amide bonds. The highest BCUT2D eigenvalue weighted by Gasteiger charge is 2.13. The summed E-state index contributed by atoms with van der Waals surface area (Å²) < 4.78 is 1.72. The van der Waals surface area contributed by atoms with E-state index in [-0.39, 0.29) is 5.56 Å². The van der Waals surface area contributed by atoms with E-state index in [1.165, 1.54) is 22.9 Å². The molecule has 2 aromatic heterocycles. The van der Waals surface area contributed by atoms with Crippen molar-refractivity contribution in [2.24, 2.45) is 0 Å². The molecule has 3 aromatic rings. The summed E-state index contributed by atoms with van der Waals surface area (Å²) >= 11 is 1.53. The highest BCUT2D eigenvalue weighted by molar-refractivity contribution is 7.99. The lowest BCUT2D eigenvalue weighted by molar-refractivity contribution is 0.869. The molecule has 114 valence electrons. The van der Waals surface area contributed by atoms with Crippen LogP contribution in [0.5, 0.6) is 0 Å². The molecule has 0 saturated carbocycles. The average Bonchev–Trinajstić information content (AvgIpc) is 2.85. The average molecular weight is 314 g/mol. The maximum atomic E-state index is 12.2. The van der Waals surface area contributed by atoms with Crippen molar-refractivity contribution in [1.82, 2.24) is 19.7 Å². The van der Waals surface area contributed by atoms with E-state index in [2.05, 4.69) is 54.9 Å². The van der Waals surface area contributed by atoms with Crippen molar-refractivity contribution >= 4 is 22.8 Å². The molecule has 0 bridgehead atoms. The number of nitrogens with one attached hydrogen (secondary N) is 1. The summed E-state index contributed by atoms with van der Waals surface area (Å²) in [6.07, 6.45) is 1.57. The van der Waals surface area contributed by atoms with Crippen molar-refractivity contribution in [2.75, 3.05) is 0 Å². The van der Waals surface area contributed by atoms with Crippen LogP contribution in [0.3, 0.4) is 0 Å². The van der Waals surface area contributed by atoms with Gasteiger partial charge in [0.15, 0.2) is 10.8 Å². The van der Waals surface area contributed by atoms with Gasteiger partial charge >= 0.3 is 0 Å². The third-order valence-electron chi connectivity index (χ3n) is 3.50. The Morgan fingerprint density at radius 3 is 2.68 bits per heavy atom. The minimum absolute atomic E-state index is 0.150. The minimum atomic E-state index is -0.150. The van der Waals surface area contributed by atoms with E-state index in [1.807, 2.05) is 6.07 Å². The maximum Gasteiger partial charge on any atom is 0.262 e. The van der Waals surface area contributed by atoms with Crippen LogP contribution in [-0.2, 0) is 0 Å². The van der Waals surface area contributed by atoms with E-state index in [1.54, 1.807) is 10.9 Å². The van der Waals surface area contributed by atoms with Crippen LogP contribution >= 0.6 is 11.8 Å². The molecule has 0 fully saturated rings. The zero-order valence-electron chi connectivity index (χ0n) is 13.0.